The summed E-state index contributed by atoms with van der Waals surface area (Å²) in [6.45, 7) is 7.77. The lowest BCUT2D eigenvalue weighted by Crippen LogP contribution is -2.47. The van der Waals surface area contributed by atoms with E-state index in [4.69, 9.17) is 5.11 Å². The van der Waals surface area contributed by atoms with E-state index in [-0.39, 0.29) is 23.8 Å². The summed E-state index contributed by atoms with van der Waals surface area (Å²) in [4.78, 5) is 24.8. The van der Waals surface area contributed by atoms with Crippen LogP contribution in [0.15, 0.2) is 0 Å². The van der Waals surface area contributed by atoms with Crippen LogP contribution in [-0.4, -0.2) is 34.0 Å². The molecule has 1 amide bonds. The number of rotatable bonds is 3. The number of hydrogen-bond donors (Lipinski definition) is 1. The molecule has 4 nitrogen and oxygen atoms in total. The van der Waals surface area contributed by atoms with Gasteiger partial charge in [-0.05, 0) is 25.7 Å². The molecule has 0 bridgehead atoms. The molecule has 0 aliphatic carbocycles. The number of carboxylic acid groups (broad SMARTS) is 1. The second-order valence-corrected chi connectivity index (χ2v) is 5.06. The molecule has 4 heteroatoms. The SMILES string of the molecule is CC(C)[C@H](C)C(=O)N1[C@@H](C)CC[C@H]1C(=O)O. The first-order valence-electron chi connectivity index (χ1n) is 5.91. The van der Waals surface area contributed by atoms with E-state index in [1.165, 1.54) is 0 Å². The number of carbonyl (C=O) groups is 2. The molecule has 16 heavy (non-hydrogen) atoms. The molecule has 0 aromatic carbocycles. The Morgan fingerprint density at radius 3 is 2.25 bits per heavy atom. The van der Waals surface area contributed by atoms with Crippen molar-refractivity contribution in [3.8, 4) is 0 Å². The van der Waals surface area contributed by atoms with Gasteiger partial charge in [0.25, 0.3) is 0 Å². The van der Waals surface area contributed by atoms with Gasteiger partial charge in [0.1, 0.15) is 6.04 Å². The van der Waals surface area contributed by atoms with Crippen LogP contribution in [0.1, 0.15) is 40.5 Å². The molecule has 1 aliphatic heterocycles. The monoisotopic (exact) mass is 227 g/mol. The van der Waals surface area contributed by atoms with Crippen LogP contribution < -0.4 is 0 Å². The normalized spacial score (nSPS) is 27.2. The summed E-state index contributed by atoms with van der Waals surface area (Å²) in [5.41, 5.74) is 0. The second-order valence-electron chi connectivity index (χ2n) is 5.06. The molecular weight excluding hydrogens is 206 g/mol. The van der Waals surface area contributed by atoms with Crippen molar-refractivity contribution in [1.29, 1.82) is 0 Å². The van der Waals surface area contributed by atoms with Crippen molar-refractivity contribution >= 4 is 11.9 Å². The molecule has 1 rings (SSSR count). The Morgan fingerprint density at radius 1 is 1.25 bits per heavy atom. The third-order valence-corrected chi connectivity index (χ3v) is 3.60. The van der Waals surface area contributed by atoms with Crippen LogP contribution in [0.2, 0.25) is 0 Å². The number of amides is 1. The molecule has 0 saturated carbocycles. The van der Waals surface area contributed by atoms with Gasteiger partial charge in [0, 0.05) is 12.0 Å². The highest BCUT2D eigenvalue weighted by Gasteiger charge is 2.40. The van der Waals surface area contributed by atoms with E-state index in [0.717, 1.165) is 6.42 Å². The summed E-state index contributed by atoms with van der Waals surface area (Å²) >= 11 is 0. The molecule has 1 fully saturated rings. The minimum atomic E-state index is -0.881. The smallest absolute Gasteiger partial charge is 0.326 e. The number of likely N-dealkylation sites (tertiary alicyclic amines) is 1. The number of carbonyl (C=O) groups excluding carboxylic acids is 1. The van der Waals surface area contributed by atoms with E-state index in [0.29, 0.717) is 6.42 Å². The molecule has 0 radical (unpaired) electrons. The van der Waals surface area contributed by atoms with Gasteiger partial charge >= 0.3 is 5.97 Å². The standard InChI is InChI=1S/C12H21NO3/c1-7(2)9(4)11(14)13-8(3)5-6-10(13)12(15)16/h7-10H,5-6H2,1-4H3,(H,15,16)/t8-,9-,10-/m0/s1. The van der Waals surface area contributed by atoms with E-state index in [9.17, 15) is 9.59 Å². The third-order valence-electron chi connectivity index (χ3n) is 3.60. The molecule has 92 valence electrons. The van der Waals surface area contributed by atoms with E-state index in [1.807, 2.05) is 27.7 Å². The summed E-state index contributed by atoms with van der Waals surface area (Å²) in [6.07, 6.45) is 1.36. The highest BCUT2D eigenvalue weighted by molar-refractivity contribution is 5.86. The summed E-state index contributed by atoms with van der Waals surface area (Å²) in [7, 11) is 0. The second kappa shape index (κ2) is 4.85. The Kier molecular flexibility index (Phi) is 3.94. The lowest BCUT2D eigenvalue weighted by atomic mass is 9.96. The Balaban J connectivity index is 2.83. The fourth-order valence-corrected chi connectivity index (χ4v) is 2.12. The van der Waals surface area contributed by atoms with Crippen molar-refractivity contribution in [2.45, 2.75) is 52.6 Å². The van der Waals surface area contributed by atoms with Gasteiger partial charge in [-0.1, -0.05) is 20.8 Å². The molecule has 1 aliphatic rings. The first kappa shape index (κ1) is 13.0. The minimum Gasteiger partial charge on any atom is -0.480 e. The lowest BCUT2D eigenvalue weighted by Gasteiger charge is -2.30. The van der Waals surface area contributed by atoms with Gasteiger partial charge in [0.2, 0.25) is 5.91 Å². The molecule has 0 unspecified atom stereocenters. The van der Waals surface area contributed by atoms with Gasteiger partial charge in [-0.2, -0.15) is 0 Å². The van der Waals surface area contributed by atoms with E-state index >= 15 is 0 Å². The van der Waals surface area contributed by atoms with E-state index < -0.39 is 12.0 Å². The maximum atomic E-state index is 12.2. The molecule has 0 aromatic rings. The largest absolute Gasteiger partial charge is 0.480 e. The minimum absolute atomic E-state index is 0.0209. The van der Waals surface area contributed by atoms with Crippen molar-refractivity contribution in [1.82, 2.24) is 4.90 Å². The van der Waals surface area contributed by atoms with Crippen molar-refractivity contribution in [3.05, 3.63) is 0 Å². The molecule has 3 atom stereocenters. The Hall–Kier alpha value is -1.06. The zero-order valence-corrected chi connectivity index (χ0v) is 10.4. The topological polar surface area (TPSA) is 57.6 Å². The highest BCUT2D eigenvalue weighted by Crippen LogP contribution is 2.27. The van der Waals surface area contributed by atoms with Crippen LogP contribution in [0.3, 0.4) is 0 Å². The number of nitrogens with zero attached hydrogens (tertiary/aromatic N) is 1. The average Bonchev–Trinajstić information content (AvgIpc) is 2.57. The van der Waals surface area contributed by atoms with Crippen LogP contribution >= 0.6 is 0 Å². The highest BCUT2D eigenvalue weighted by atomic mass is 16.4. The molecular formula is C12H21NO3. The average molecular weight is 227 g/mol. The fourth-order valence-electron chi connectivity index (χ4n) is 2.12. The van der Waals surface area contributed by atoms with Crippen LogP contribution in [0, 0.1) is 11.8 Å². The predicted octanol–water partition coefficient (Wildman–Crippen LogP) is 1.74. The Morgan fingerprint density at radius 2 is 1.81 bits per heavy atom. The van der Waals surface area contributed by atoms with Crippen LogP contribution in [-0.2, 0) is 9.59 Å². The molecule has 0 spiro atoms. The summed E-state index contributed by atoms with van der Waals surface area (Å²) in [6, 6.07) is -0.571. The van der Waals surface area contributed by atoms with Crippen LogP contribution in [0.25, 0.3) is 0 Å². The quantitative estimate of drug-likeness (QED) is 0.799. The molecule has 1 heterocycles. The summed E-state index contributed by atoms with van der Waals surface area (Å²) in [5.74, 6) is -0.766. The fraction of sp³-hybridized carbons (Fsp3) is 0.833. The summed E-state index contributed by atoms with van der Waals surface area (Å²) in [5, 5.41) is 9.08. The van der Waals surface area contributed by atoms with Gasteiger partial charge in [0.05, 0.1) is 0 Å². The zero-order valence-electron chi connectivity index (χ0n) is 10.4. The van der Waals surface area contributed by atoms with Crippen molar-refractivity contribution in [2.24, 2.45) is 11.8 Å². The van der Waals surface area contributed by atoms with Gasteiger partial charge in [0.15, 0.2) is 0 Å². The van der Waals surface area contributed by atoms with Crippen molar-refractivity contribution in [2.75, 3.05) is 0 Å². The summed E-state index contributed by atoms with van der Waals surface area (Å²) < 4.78 is 0. The number of hydrogen-bond acceptors (Lipinski definition) is 2. The maximum Gasteiger partial charge on any atom is 0.326 e. The van der Waals surface area contributed by atoms with Crippen LogP contribution in [0.5, 0.6) is 0 Å². The van der Waals surface area contributed by atoms with Crippen molar-refractivity contribution < 1.29 is 14.7 Å². The van der Waals surface area contributed by atoms with Gasteiger partial charge in [-0.25, -0.2) is 4.79 Å². The van der Waals surface area contributed by atoms with Crippen LogP contribution in [0.4, 0.5) is 0 Å². The zero-order chi connectivity index (χ0) is 12.5. The molecule has 1 saturated heterocycles. The van der Waals surface area contributed by atoms with Gasteiger partial charge in [-0.15, -0.1) is 0 Å². The third kappa shape index (κ3) is 2.36. The van der Waals surface area contributed by atoms with Crippen molar-refractivity contribution in [3.63, 3.8) is 0 Å². The van der Waals surface area contributed by atoms with Gasteiger partial charge < -0.3 is 10.0 Å². The molecule has 1 N–H and O–H groups in total. The maximum absolute atomic E-state index is 12.2. The first-order chi connectivity index (χ1) is 7.36. The first-order valence-corrected chi connectivity index (χ1v) is 5.91. The Bertz CT molecular complexity index is 288. The predicted molar refractivity (Wildman–Crippen MR) is 61.0 cm³/mol. The number of carboxylic acids is 1. The van der Waals surface area contributed by atoms with E-state index in [2.05, 4.69) is 0 Å². The molecule has 0 aromatic heterocycles. The van der Waals surface area contributed by atoms with Gasteiger partial charge in [-0.3, -0.25) is 4.79 Å². The Labute approximate surface area is 96.6 Å². The lowest BCUT2D eigenvalue weighted by molar-refractivity contribution is -0.151. The number of aliphatic carboxylic acids is 1. The van der Waals surface area contributed by atoms with E-state index in [1.54, 1.807) is 4.90 Å².